The number of rotatable bonds is 5. The molecular formula is C20H22N4O3. The molecule has 27 heavy (non-hydrogen) atoms. The van der Waals surface area contributed by atoms with Crippen molar-refractivity contribution < 1.29 is 9.90 Å². The number of anilines is 1. The number of aliphatic imine (C=N–C) groups is 1. The van der Waals surface area contributed by atoms with Gasteiger partial charge in [-0.1, -0.05) is 13.8 Å². The van der Waals surface area contributed by atoms with E-state index in [-0.39, 0.29) is 23.3 Å². The molecule has 1 aromatic heterocycles. The molecule has 0 atom stereocenters. The highest BCUT2D eigenvalue weighted by Gasteiger charge is 2.18. The first kappa shape index (κ1) is 19.9. The topological polar surface area (TPSA) is 107 Å². The highest BCUT2D eigenvalue weighted by atomic mass is 16.3. The lowest BCUT2D eigenvalue weighted by Crippen LogP contribution is -2.27. The van der Waals surface area contributed by atoms with E-state index in [1.807, 2.05) is 19.9 Å². The molecule has 140 valence electrons. The fraction of sp³-hybridized carbons (Fsp3) is 0.300. The standard InChI is InChI=1S/C20H22N4O3/c1-12(2)11-24-19(26)17(9-21)13(3)18(20(24)27)10-22-15-5-7-16(8-6-15)23-14(4)25/h5-8,10,12,27H,11H2,1-4H3,(H,23,25). The number of nitriles is 1. The molecule has 7 heteroatoms. The van der Waals surface area contributed by atoms with E-state index < -0.39 is 5.56 Å². The number of pyridine rings is 1. The van der Waals surface area contributed by atoms with E-state index in [2.05, 4.69) is 10.3 Å². The third kappa shape index (κ3) is 4.61. The molecule has 1 amide bonds. The average molecular weight is 366 g/mol. The van der Waals surface area contributed by atoms with Gasteiger partial charge in [0.2, 0.25) is 11.8 Å². The second-order valence-corrected chi connectivity index (χ2v) is 6.64. The summed E-state index contributed by atoms with van der Waals surface area (Å²) in [5.74, 6) is -0.249. The summed E-state index contributed by atoms with van der Waals surface area (Å²) in [4.78, 5) is 27.8. The lowest BCUT2D eigenvalue weighted by Gasteiger charge is -2.15. The van der Waals surface area contributed by atoms with Gasteiger partial charge in [-0.3, -0.25) is 19.1 Å². The maximum atomic E-state index is 12.4. The van der Waals surface area contributed by atoms with E-state index in [9.17, 15) is 20.0 Å². The van der Waals surface area contributed by atoms with Crippen LogP contribution in [-0.4, -0.2) is 21.8 Å². The summed E-state index contributed by atoms with van der Waals surface area (Å²) >= 11 is 0. The van der Waals surface area contributed by atoms with Gasteiger partial charge in [-0.05, 0) is 42.7 Å². The molecule has 0 aliphatic rings. The van der Waals surface area contributed by atoms with Crippen molar-refractivity contribution in [2.75, 3.05) is 5.32 Å². The number of nitrogens with zero attached hydrogens (tertiary/aromatic N) is 3. The fourth-order valence-electron chi connectivity index (χ4n) is 2.63. The molecular weight excluding hydrogens is 344 g/mol. The van der Waals surface area contributed by atoms with Crippen LogP contribution in [0, 0.1) is 24.2 Å². The van der Waals surface area contributed by atoms with Crippen LogP contribution in [0.1, 0.15) is 37.5 Å². The minimum absolute atomic E-state index is 0.00379. The molecule has 0 unspecified atom stereocenters. The Balaban J connectivity index is 2.46. The normalized spacial score (nSPS) is 11.0. The minimum Gasteiger partial charge on any atom is -0.494 e. The van der Waals surface area contributed by atoms with Crippen molar-refractivity contribution in [1.29, 1.82) is 5.26 Å². The molecule has 2 aromatic rings. The maximum Gasteiger partial charge on any atom is 0.271 e. The van der Waals surface area contributed by atoms with Crippen molar-refractivity contribution >= 4 is 23.5 Å². The minimum atomic E-state index is -0.502. The zero-order valence-electron chi connectivity index (χ0n) is 15.8. The zero-order chi connectivity index (χ0) is 20.1. The van der Waals surface area contributed by atoms with Crippen LogP contribution in [0.3, 0.4) is 0 Å². The third-order valence-corrected chi connectivity index (χ3v) is 3.92. The Bertz CT molecular complexity index is 980. The predicted octanol–water partition coefficient (Wildman–Crippen LogP) is 3.10. The Kier molecular flexibility index (Phi) is 6.14. The van der Waals surface area contributed by atoms with E-state index >= 15 is 0 Å². The third-order valence-electron chi connectivity index (χ3n) is 3.92. The maximum absolute atomic E-state index is 12.4. The number of aromatic hydroxyl groups is 1. The van der Waals surface area contributed by atoms with Gasteiger partial charge in [-0.15, -0.1) is 0 Å². The van der Waals surface area contributed by atoms with Crippen molar-refractivity contribution in [2.24, 2.45) is 10.9 Å². The Morgan fingerprint density at radius 3 is 2.52 bits per heavy atom. The van der Waals surface area contributed by atoms with Crippen LogP contribution in [0.15, 0.2) is 34.1 Å². The van der Waals surface area contributed by atoms with Crippen LogP contribution in [-0.2, 0) is 11.3 Å². The summed E-state index contributed by atoms with van der Waals surface area (Å²) in [7, 11) is 0. The number of amides is 1. The van der Waals surface area contributed by atoms with Gasteiger partial charge in [0.1, 0.15) is 11.6 Å². The first-order valence-corrected chi connectivity index (χ1v) is 8.52. The molecule has 0 bridgehead atoms. The molecule has 0 fully saturated rings. The van der Waals surface area contributed by atoms with Crippen LogP contribution >= 0.6 is 0 Å². The van der Waals surface area contributed by atoms with E-state index in [4.69, 9.17) is 0 Å². The van der Waals surface area contributed by atoms with Gasteiger partial charge < -0.3 is 10.4 Å². The molecule has 0 radical (unpaired) electrons. The van der Waals surface area contributed by atoms with Crippen molar-refractivity contribution in [3.63, 3.8) is 0 Å². The smallest absolute Gasteiger partial charge is 0.271 e. The lowest BCUT2D eigenvalue weighted by atomic mass is 10.1. The quantitative estimate of drug-likeness (QED) is 0.793. The number of carbonyl (C=O) groups is 1. The number of aromatic nitrogens is 1. The summed E-state index contributed by atoms with van der Waals surface area (Å²) in [5.41, 5.74) is 1.46. The molecule has 0 saturated heterocycles. The molecule has 0 spiro atoms. The van der Waals surface area contributed by atoms with Gasteiger partial charge in [-0.2, -0.15) is 5.26 Å². The van der Waals surface area contributed by atoms with Crippen LogP contribution in [0.25, 0.3) is 0 Å². The van der Waals surface area contributed by atoms with Gasteiger partial charge in [0.15, 0.2) is 0 Å². The number of benzene rings is 1. The molecule has 7 nitrogen and oxygen atoms in total. The number of carbonyl (C=O) groups excluding carboxylic acids is 1. The molecule has 0 aliphatic carbocycles. The molecule has 0 aliphatic heterocycles. The fourth-order valence-corrected chi connectivity index (χ4v) is 2.63. The highest BCUT2D eigenvalue weighted by Crippen LogP contribution is 2.22. The molecule has 1 aromatic carbocycles. The second kappa shape index (κ2) is 8.32. The van der Waals surface area contributed by atoms with Gasteiger partial charge in [0, 0.05) is 25.4 Å². The van der Waals surface area contributed by atoms with Crippen molar-refractivity contribution in [1.82, 2.24) is 4.57 Å². The van der Waals surface area contributed by atoms with Crippen LogP contribution in [0.4, 0.5) is 11.4 Å². The monoisotopic (exact) mass is 366 g/mol. The summed E-state index contributed by atoms with van der Waals surface area (Å²) in [6.45, 7) is 7.17. The van der Waals surface area contributed by atoms with Crippen LogP contribution < -0.4 is 10.9 Å². The van der Waals surface area contributed by atoms with E-state index in [0.717, 1.165) is 0 Å². The second-order valence-electron chi connectivity index (χ2n) is 6.64. The van der Waals surface area contributed by atoms with Crippen LogP contribution in [0.5, 0.6) is 5.88 Å². The summed E-state index contributed by atoms with van der Waals surface area (Å²) in [5, 5.41) is 22.6. The van der Waals surface area contributed by atoms with Gasteiger partial charge >= 0.3 is 0 Å². The Hall–Kier alpha value is -3.40. The summed E-state index contributed by atoms with van der Waals surface area (Å²) in [6, 6.07) is 8.76. The summed E-state index contributed by atoms with van der Waals surface area (Å²) < 4.78 is 1.21. The molecule has 1 heterocycles. The van der Waals surface area contributed by atoms with E-state index in [1.54, 1.807) is 31.2 Å². The number of nitrogens with one attached hydrogen (secondary N) is 1. The molecule has 2 rings (SSSR count). The van der Waals surface area contributed by atoms with Gasteiger partial charge in [0.25, 0.3) is 5.56 Å². The van der Waals surface area contributed by atoms with Crippen molar-refractivity contribution in [2.45, 2.75) is 34.2 Å². The predicted molar refractivity (Wildman–Crippen MR) is 105 cm³/mol. The van der Waals surface area contributed by atoms with Crippen molar-refractivity contribution in [3.8, 4) is 11.9 Å². The SMILES string of the molecule is CC(=O)Nc1ccc(N=Cc2c(C)c(C#N)c(=O)n(CC(C)C)c2O)cc1. The Morgan fingerprint density at radius 1 is 1.37 bits per heavy atom. The first-order valence-electron chi connectivity index (χ1n) is 8.52. The van der Waals surface area contributed by atoms with Gasteiger partial charge in [-0.25, -0.2) is 0 Å². The highest BCUT2D eigenvalue weighted by molar-refractivity contribution is 5.89. The average Bonchev–Trinajstić information content (AvgIpc) is 2.60. The van der Waals surface area contributed by atoms with E-state index in [1.165, 1.54) is 17.7 Å². The number of hydrogen-bond donors (Lipinski definition) is 2. The Morgan fingerprint density at radius 2 is 2.00 bits per heavy atom. The summed E-state index contributed by atoms with van der Waals surface area (Å²) in [6.07, 6.45) is 1.44. The molecule has 0 saturated carbocycles. The zero-order valence-corrected chi connectivity index (χ0v) is 15.8. The van der Waals surface area contributed by atoms with E-state index in [0.29, 0.717) is 29.0 Å². The lowest BCUT2D eigenvalue weighted by molar-refractivity contribution is -0.114. The van der Waals surface area contributed by atoms with Gasteiger partial charge in [0.05, 0.1) is 11.3 Å². The van der Waals surface area contributed by atoms with Crippen molar-refractivity contribution in [3.05, 3.63) is 51.3 Å². The van der Waals surface area contributed by atoms with Crippen LogP contribution in [0.2, 0.25) is 0 Å². The first-order chi connectivity index (χ1) is 12.7. The number of hydrogen-bond acceptors (Lipinski definition) is 5. The largest absolute Gasteiger partial charge is 0.494 e. The molecule has 2 N–H and O–H groups in total. The Labute approximate surface area is 157 Å².